The standard InChI is InChI=1S/C27H43NO4/c1-19(2)11-9-13-21(5)17-24(30)32-28-23-15-16-26(18-29)25(7,27(23,26)31-8)22(6)14-10-12-20(3)4/h11-14,23,28-29H,9-10,15-18H2,1-8H3/b21-13+,22-14+/t23?,25-,26?,27+/m1/s1. The minimum absolute atomic E-state index is 0.0451. The van der Waals surface area contributed by atoms with Crippen molar-refractivity contribution in [1.29, 1.82) is 0 Å². The second-order valence-electron chi connectivity index (χ2n) is 10.1. The van der Waals surface area contributed by atoms with Gasteiger partial charge in [0.25, 0.3) is 0 Å². The van der Waals surface area contributed by atoms with Crippen LogP contribution in [-0.2, 0) is 14.4 Å². The van der Waals surface area contributed by atoms with E-state index in [1.54, 1.807) is 7.11 Å². The molecule has 2 aliphatic rings. The molecule has 0 spiro atoms. The van der Waals surface area contributed by atoms with Crippen LogP contribution in [-0.4, -0.2) is 36.4 Å². The highest BCUT2D eigenvalue weighted by Gasteiger charge is 2.90. The van der Waals surface area contributed by atoms with Crippen LogP contribution in [0.3, 0.4) is 0 Å². The molecule has 0 amide bonds. The molecule has 2 rings (SSSR count). The van der Waals surface area contributed by atoms with Gasteiger partial charge in [0.05, 0.1) is 19.1 Å². The van der Waals surface area contributed by atoms with Crippen molar-refractivity contribution in [1.82, 2.24) is 5.48 Å². The van der Waals surface area contributed by atoms with Gasteiger partial charge >= 0.3 is 5.97 Å². The SMILES string of the molecule is CO[C@]12C(NOC(=O)C/C(C)=C/CC=C(C)C)CCC1(CO)[C@@]2(C)/C(C)=C/CC=C(C)C. The number of aliphatic hydroxyl groups excluding tert-OH is 1. The summed E-state index contributed by atoms with van der Waals surface area (Å²) in [5, 5.41) is 10.4. The molecule has 2 N–H and O–H groups in total. The number of carbonyl (C=O) groups excluding carboxylic acids is 1. The lowest BCUT2D eigenvalue weighted by Gasteiger charge is -2.30. The topological polar surface area (TPSA) is 67.8 Å². The zero-order valence-electron chi connectivity index (χ0n) is 21.3. The molecule has 0 aliphatic heterocycles. The molecule has 2 unspecified atom stereocenters. The van der Waals surface area contributed by atoms with Crippen LogP contribution in [0.1, 0.15) is 80.6 Å². The summed E-state index contributed by atoms with van der Waals surface area (Å²) in [7, 11) is 1.71. The number of carbonyl (C=O) groups is 1. The number of hydrogen-bond acceptors (Lipinski definition) is 5. The minimum Gasteiger partial charge on any atom is -0.396 e. The third-order valence-corrected chi connectivity index (χ3v) is 7.76. The van der Waals surface area contributed by atoms with Crippen molar-refractivity contribution >= 4 is 5.97 Å². The zero-order valence-corrected chi connectivity index (χ0v) is 21.3. The molecule has 2 aliphatic carbocycles. The van der Waals surface area contributed by atoms with Gasteiger partial charge in [-0.05, 0) is 67.2 Å². The second-order valence-corrected chi connectivity index (χ2v) is 10.1. The van der Waals surface area contributed by atoms with E-state index in [1.807, 2.05) is 6.92 Å². The van der Waals surface area contributed by atoms with Crippen LogP contribution in [0, 0.1) is 10.8 Å². The Morgan fingerprint density at radius 1 is 1.03 bits per heavy atom. The summed E-state index contributed by atoms with van der Waals surface area (Å²) in [6.45, 7) is 14.6. The van der Waals surface area contributed by atoms with E-state index in [4.69, 9.17) is 9.57 Å². The van der Waals surface area contributed by atoms with Crippen molar-refractivity contribution in [3.8, 4) is 0 Å². The van der Waals surface area contributed by atoms with Crippen molar-refractivity contribution in [3.63, 3.8) is 0 Å². The van der Waals surface area contributed by atoms with Crippen LogP contribution in [0.5, 0.6) is 0 Å². The van der Waals surface area contributed by atoms with Crippen LogP contribution < -0.4 is 5.48 Å². The first kappa shape index (κ1) is 26.6. The summed E-state index contributed by atoms with van der Waals surface area (Å²) in [4.78, 5) is 17.9. The molecule has 0 aromatic rings. The molecule has 4 atom stereocenters. The third kappa shape index (κ3) is 4.52. The molecule has 0 radical (unpaired) electrons. The maximum atomic E-state index is 12.4. The largest absolute Gasteiger partial charge is 0.396 e. The van der Waals surface area contributed by atoms with Gasteiger partial charge in [0.2, 0.25) is 0 Å². The van der Waals surface area contributed by atoms with Gasteiger partial charge in [-0.3, -0.25) is 4.79 Å². The van der Waals surface area contributed by atoms with Crippen molar-refractivity contribution in [2.75, 3.05) is 13.7 Å². The monoisotopic (exact) mass is 445 g/mol. The molecular weight excluding hydrogens is 402 g/mol. The van der Waals surface area contributed by atoms with Gasteiger partial charge in [0.15, 0.2) is 0 Å². The van der Waals surface area contributed by atoms with Crippen molar-refractivity contribution in [3.05, 3.63) is 46.6 Å². The number of allylic oxidation sites excluding steroid dienone is 6. The molecule has 0 heterocycles. The molecule has 5 nitrogen and oxygen atoms in total. The Labute approximate surface area is 194 Å². The Morgan fingerprint density at radius 3 is 2.16 bits per heavy atom. The second kappa shape index (κ2) is 10.5. The van der Waals surface area contributed by atoms with E-state index < -0.39 is 5.60 Å². The van der Waals surface area contributed by atoms with Crippen LogP contribution >= 0.6 is 0 Å². The first-order valence-corrected chi connectivity index (χ1v) is 11.7. The quantitative estimate of drug-likeness (QED) is 0.321. The Morgan fingerprint density at radius 2 is 1.62 bits per heavy atom. The van der Waals surface area contributed by atoms with E-state index in [-0.39, 0.29) is 35.9 Å². The maximum Gasteiger partial charge on any atom is 0.328 e. The number of ether oxygens (including phenoxy) is 1. The zero-order chi connectivity index (χ0) is 24.2. The van der Waals surface area contributed by atoms with E-state index in [1.165, 1.54) is 16.7 Å². The van der Waals surface area contributed by atoms with Crippen LogP contribution in [0.4, 0.5) is 0 Å². The average molecular weight is 446 g/mol. The summed E-state index contributed by atoms with van der Waals surface area (Å²) in [5.41, 5.74) is 6.47. The van der Waals surface area contributed by atoms with Crippen molar-refractivity contribution in [2.24, 2.45) is 10.8 Å². The molecule has 0 aromatic carbocycles. The summed E-state index contributed by atoms with van der Waals surface area (Å²) < 4.78 is 6.14. The summed E-state index contributed by atoms with van der Waals surface area (Å²) in [5.74, 6) is -0.304. The van der Waals surface area contributed by atoms with Gasteiger partial charge in [-0.15, -0.1) is 5.48 Å². The van der Waals surface area contributed by atoms with Gasteiger partial charge < -0.3 is 14.7 Å². The molecule has 2 fully saturated rings. The predicted molar refractivity (Wildman–Crippen MR) is 130 cm³/mol. The highest BCUT2D eigenvalue weighted by Crippen LogP contribution is 2.83. The number of nitrogens with one attached hydrogen (secondary N) is 1. The third-order valence-electron chi connectivity index (χ3n) is 7.76. The van der Waals surface area contributed by atoms with Crippen molar-refractivity contribution in [2.45, 2.75) is 92.2 Å². The fourth-order valence-corrected chi connectivity index (χ4v) is 5.93. The molecule has 0 aromatic heterocycles. The Balaban J connectivity index is 2.10. The summed E-state index contributed by atoms with van der Waals surface area (Å²) in [6, 6.07) is -0.171. The normalized spacial score (nSPS) is 31.7. The lowest BCUT2D eigenvalue weighted by atomic mass is 9.82. The number of fused-ring (bicyclic) bond motifs is 1. The molecule has 0 bridgehead atoms. The number of hydrogen-bond donors (Lipinski definition) is 2. The lowest BCUT2D eigenvalue weighted by molar-refractivity contribution is -0.155. The summed E-state index contributed by atoms with van der Waals surface area (Å²) >= 11 is 0. The van der Waals surface area contributed by atoms with E-state index in [9.17, 15) is 9.90 Å². The number of hydroxylamine groups is 1. The number of rotatable bonds is 11. The van der Waals surface area contributed by atoms with Crippen LogP contribution in [0.25, 0.3) is 0 Å². The molecule has 2 saturated carbocycles. The van der Waals surface area contributed by atoms with E-state index in [0.29, 0.717) is 0 Å². The van der Waals surface area contributed by atoms with Crippen molar-refractivity contribution < 1.29 is 19.5 Å². The molecule has 180 valence electrons. The highest BCUT2D eigenvalue weighted by molar-refractivity contribution is 5.72. The fraction of sp³-hybridized carbons (Fsp3) is 0.667. The molecular formula is C27H43NO4. The minimum atomic E-state index is -0.602. The summed E-state index contributed by atoms with van der Waals surface area (Å²) in [6.07, 6.45) is 12.1. The van der Waals surface area contributed by atoms with Gasteiger partial charge in [-0.25, -0.2) is 0 Å². The van der Waals surface area contributed by atoms with E-state index >= 15 is 0 Å². The van der Waals surface area contributed by atoms with Crippen LogP contribution in [0.15, 0.2) is 46.6 Å². The van der Waals surface area contributed by atoms with Gasteiger partial charge in [-0.2, -0.15) is 0 Å². The number of methoxy groups -OCH3 is 1. The first-order valence-electron chi connectivity index (χ1n) is 11.7. The predicted octanol–water partition coefficient (Wildman–Crippen LogP) is 5.58. The Kier molecular flexibility index (Phi) is 8.71. The Bertz CT molecular complexity index is 816. The number of aliphatic hydroxyl groups is 1. The smallest absolute Gasteiger partial charge is 0.328 e. The van der Waals surface area contributed by atoms with E-state index in [0.717, 1.165) is 31.3 Å². The van der Waals surface area contributed by atoms with Gasteiger partial charge in [-0.1, -0.05) is 53.5 Å². The van der Waals surface area contributed by atoms with Crippen LogP contribution in [0.2, 0.25) is 0 Å². The average Bonchev–Trinajstić information content (AvgIpc) is 3.00. The lowest BCUT2D eigenvalue weighted by Crippen LogP contribution is -2.46. The maximum absolute atomic E-state index is 12.4. The van der Waals surface area contributed by atoms with E-state index in [2.05, 4.69) is 71.3 Å². The first-order chi connectivity index (χ1) is 15.0. The Hall–Kier alpha value is -1.69. The van der Waals surface area contributed by atoms with Gasteiger partial charge in [0.1, 0.15) is 5.60 Å². The molecule has 32 heavy (non-hydrogen) atoms. The fourth-order valence-electron chi connectivity index (χ4n) is 5.93. The highest BCUT2D eigenvalue weighted by atomic mass is 16.7. The molecule has 0 saturated heterocycles. The molecule has 5 heteroatoms. The van der Waals surface area contributed by atoms with Gasteiger partial charge in [0, 0.05) is 17.9 Å².